The van der Waals surface area contributed by atoms with Crippen LogP contribution < -0.4 is 0 Å². The molecule has 1 aliphatic carbocycles. The smallest absolute Gasteiger partial charge is 0.308 e. The van der Waals surface area contributed by atoms with Gasteiger partial charge in [0.2, 0.25) is 0 Å². The van der Waals surface area contributed by atoms with E-state index in [-0.39, 0.29) is 24.9 Å². The Labute approximate surface area is 154 Å². The van der Waals surface area contributed by atoms with Crippen molar-refractivity contribution in [1.82, 2.24) is 9.47 Å². The van der Waals surface area contributed by atoms with Crippen LogP contribution in [0.5, 0.6) is 0 Å². The zero-order valence-electron chi connectivity index (χ0n) is 15.5. The number of aromatic nitrogens is 1. The van der Waals surface area contributed by atoms with Gasteiger partial charge in [-0.05, 0) is 37.3 Å². The van der Waals surface area contributed by atoms with Crippen LogP contribution in [0.1, 0.15) is 45.4 Å². The summed E-state index contributed by atoms with van der Waals surface area (Å²) in [6.07, 6.45) is 7.98. The van der Waals surface area contributed by atoms with Gasteiger partial charge in [-0.2, -0.15) is 0 Å². The Balaban J connectivity index is 1.46. The zero-order valence-corrected chi connectivity index (χ0v) is 15.5. The highest BCUT2D eigenvalue weighted by Crippen LogP contribution is 2.22. The first-order valence-corrected chi connectivity index (χ1v) is 9.68. The fraction of sp³-hybridized carbons (Fsp3) is 0.524. The van der Waals surface area contributed by atoms with Crippen molar-refractivity contribution < 1.29 is 14.3 Å². The average Bonchev–Trinajstić information content (AvgIpc) is 3.09. The van der Waals surface area contributed by atoms with Crippen molar-refractivity contribution in [2.45, 2.75) is 58.0 Å². The van der Waals surface area contributed by atoms with E-state index in [4.69, 9.17) is 4.74 Å². The fourth-order valence-corrected chi connectivity index (χ4v) is 3.88. The molecule has 0 unspecified atom stereocenters. The first kappa shape index (κ1) is 18.5. The summed E-state index contributed by atoms with van der Waals surface area (Å²) in [6.45, 7) is 3.08. The first-order valence-electron chi connectivity index (χ1n) is 9.68. The van der Waals surface area contributed by atoms with Gasteiger partial charge in [-0.25, -0.2) is 0 Å². The maximum Gasteiger partial charge on any atom is 0.308 e. The molecular formula is C21H28N2O3. The molecule has 0 saturated heterocycles. The van der Waals surface area contributed by atoms with Gasteiger partial charge >= 0.3 is 5.97 Å². The highest BCUT2D eigenvalue weighted by Gasteiger charge is 2.24. The van der Waals surface area contributed by atoms with Crippen LogP contribution in [0, 0.1) is 0 Å². The van der Waals surface area contributed by atoms with Gasteiger partial charge in [-0.1, -0.05) is 37.5 Å². The average molecular weight is 356 g/mol. The van der Waals surface area contributed by atoms with Crippen molar-refractivity contribution in [3.8, 4) is 0 Å². The maximum absolute atomic E-state index is 12.4. The molecule has 5 heteroatoms. The van der Waals surface area contributed by atoms with E-state index in [0.717, 1.165) is 23.7 Å². The third-order valence-electron chi connectivity index (χ3n) is 5.27. The predicted molar refractivity (Wildman–Crippen MR) is 102 cm³/mol. The van der Waals surface area contributed by atoms with E-state index in [1.807, 2.05) is 52.9 Å². The number of likely N-dealkylation sites (N-methyl/N-ethyl adjacent to an activating group) is 1. The molecule has 1 saturated carbocycles. The van der Waals surface area contributed by atoms with Gasteiger partial charge in [0, 0.05) is 30.8 Å². The maximum atomic E-state index is 12.4. The normalized spacial score (nSPS) is 15.1. The molecule has 0 N–H and O–H groups in total. The predicted octanol–water partition coefficient (Wildman–Crippen LogP) is 3.76. The molecule has 0 atom stereocenters. The minimum Gasteiger partial charge on any atom is -0.456 e. The number of carbonyl (C=O) groups excluding carboxylic acids is 2. The quantitative estimate of drug-likeness (QED) is 0.710. The molecule has 5 nitrogen and oxygen atoms in total. The number of amides is 1. The van der Waals surface area contributed by atoms with Crippen molar-refractivity contribution in [3.05, 3.63) is 36.5 Å². The standard InChI is InChI=1S/C21H28N2O3/c1-2-23(18-9-4-3-5-10-18)20(24)16-26-21(25)13-15-22-14-12-17-8-6-7-11-19(17)22/h6-8,11-12,14,18H,2-5,9-10,13,15-16H2,1H3. The Morgan fingerprint density at radius 3 is 2.69 bits per heavy atom. The van der Waals surface area contributed by atoms with Gasteiger partial charge in [0.25, 0.3) is 5.91 Å². The van der Waals surface area contributed by atoms with Crippen molar-refractivity contribution >= 4 is 22.8 Å². The monoisotopic (exact) mass is 356 g/mol. The number of fused-ring (bicyclic) bond motifs is 1. The van der Waals surface area contributed by atoms with Crippen LogP contribution in [-0.4, -0.2) is 40.5 Å². The van der Waals surface area contributed by atoms with E-state index in [1.165, 1.54) is 19.3 Å². The number of nitrogens with zero attached hydrogens (tertiary/aromatic N) is 2. The Hall–Kier alpha value is -2.30. The second kappa shape index (κ2) is 8.88. The summed E-state index contributed by atoms with van der Waals surface area (Å²) < 4.78 is 7.28. The lowest BCUT2D eigenvalue weighted by atomic mass is 9.94. The van der Waals surface area contributed by atoms with Crippen LogP contribution in [0.3, 0.4) is 0 Å². The topological polar surface area (TPSA) is 51.5 Å². The van der Waals surface area contributed by atoms with Crippen molar-refractivity contribution in [2.24, 2.45) is 0 Å². The Bertz CT molecular complexity index is 747. The molecule has 1 fully saturated rings. The van der Waals surface area contributed by atoms with Gasteiger partial charge in [0.05, 0.1) is 6.42 Å². The molecule has 1 aromatic carbocycles. The van der Waals surface area contributed by atoms with E-state index < -0.39 is 0 Å². The fourth-order valence-electron chi connectivity index (χ4n) is 3.88. The van der Waals surface area contributed by atoms with Gasteiger partial charge in [-0.3, -0.25) is 9.59 Å². The van der Waals surface area contributed by atoms with E-state index in [1.54, 1.807) is 0 Å². The Morgan fingerprint density at radius 2 is 1.92 bits per heavy atom. The van der Waals surface area contributed by atoms with Crippen LogP contribution in [0.25, 0.3) is 10.9 Å². The summed E-state index contributed by atoms with van der Waals surface area (Å²) in [6, 6.07) is 10.4. The van der Waals surface area contributed by atoms with Crippen molar-refractivity contribution in [2.75, 3.05) is 13.2 Å². The van der Waals surface area contributed by atoms with E-state index in [2.05, 4.69) is 0 Å². The van der Waals surface area contributed by atoms with Gasteiger partial charge < -0.3 is 14.2 Å². The lowest BCUT2D eigenvalue weighted by molar-refractivity contribution is -0.153. The minimum absolute atomic E-state index is 0.0702. The lowest BCUT2D eigenvalue weighted by Crippen LogP contribution is -2.43. The van der Waals surface area contributed by atoms with Crippen LogP contribution in [0.2, 0.25) is 0 Å². The third-order valence-corrected chi connectivity index (χ3v) is 5.27. The molecule has 1 heterocycles. The Kier molecular flexibility index (Phi) is 6.31. The summed E-state index contributed by atoms with van der Waals surface area (Å²) >= 11 is 0. The summed E-state index contributed by atoms with van der Waals surface area (Å²) in [5, 5.41) is 1.15. The number of para-hydroxylation sites is 1. The number of aryl methyl sites for hydroxylation is 1. The lowest BCUT2D eigenvalue weighted by Gasteiger charge is -2.33. The van der Waals surface area contributed by atoms with Gasteiger partial charge in [0.1, 0.15) is 0 Å². The highest BCUT2D eigenvalue weighted by molar-refractivity contribution is 5.81. The molecule has 2 aromatic rings. The largest absolute Gasteiger partial charge is 0.456 e. The summed E-state index contributed by atoms with van der Waals surface area (Å²) in [5.74, 6) is -0.394. The molecule has 1 aromatic heterocycles. The molecule has 1 aliphatic rings. The number of carbonyl (C=O) groups is 2. The summed E-state index contributed by atoms with van der Waals surface area (Å²) in [5.41, 5.74) is 1.10. The van der Waals surface area contributed by atoms with Crippen LogP contribution in [0.15, 0.2) is 36.5 Å². The van der Waals surface area contributed by atoms with E-state index in [9.17, 15) is 9.59 Å². The van der Waals surface area contributed by atoms with E-state index >= 15 is 0 Å². The summed E-state index contributed by atoms with van der Waals surface area (Å²) in [4.78, 5) is 26.4. The van der Waals surface area contributed by atoms with Crippen LogP contribution in [0.4, 0.5) is 0 Å². The van der Waals surface area contributed by atoms with Crippen molar-refractivity contribution in [1.29, 1.82) is 0 Å². The Morgan fingerprint density at radius 1 is 1.15 bits per heavy atom. The molecule has 0 bridgehead atoms. The first-order chi connectivity index (χ1) is 12.7. The molecule has 0 spiro atoms. The second-order valence-corrected chi connectivity index (χ2v) is 6.95. The SMILES string of the molecule is CCN(C(=O)COC(=O)CCn1ccc2ccccc21)C1CCCCC1. The molecular weight excluding hydrogens is 328 g/mol. The second-order valence-electron chi connectivity index (χ2n) is 6.95. The molecule has 0 radical (unpaired) electrons. The van der Waals surface area contributed by atoms with Gasteiger partial charge in [0.15, 0.2) is 6.61 Å². The highest BCUT2D eigenvalue weighted by atomic mass is 16.5. The summed E-state index contributed by atoms with van der Waals surface area (Å²) in [7, 11) is 0. The van der Waals surface area contributed by atoms with Crippen LogP contribution >= 0.6 is 0 Å². The number of benzene rings is 1. The number of rotatable bonds is 7. The van der Waals surface area contributed by atoms with Gasteiger partial charge in [-0.15, -0.1) is 0 Å². The molecule has 26 heavy (non-hydrogen) atoms. The van der Waals surface area contributed by atoms with E-state index in [0.29, 0.717) is 19.1 Å². The number of esters is 1. The minimum atomic E-state index is -0.323. The molecule has 0 aliphatic heterocycles. The third kappa shape index (κ3) is 4.45. The molecule has 140 valence electrons. The zero-order chi connectivity index (χ0) is 18.4. The number of ether oxygens (including phenoxy) is 1. The number of hydrogen-bond acceptors (Lipinski definition) is 3. The van der Waals surface area contributed by atoms with Crippen molar-refractivity contribution in [3.63, 3.8) is 0 Å². The van der Waals surface area contributed by atoms with Crippen LogP contribution in [-0.2, 0) is 20.9 Å². The number of hydrogen-bond donors (Lipinski definition) is 0. The molecule has 3 rings (SSSR count). The molecule has 1 amide bonds.